The third kappa shape index (κ3) is 5.46. The zero-order valence-electron chi connectivity index (χ0n) is 12.1. The van der Waals surface area contributed by atoms with Crippen LogP contribution in [-0.2, 0) is 4.79 Å². The molecule has 2 N–H and O–H groups in total. The zero-order chi connectivity index (χ0) is 14.4. The third-order valence-corrected chi connectivity index (χ3v) is 3.50. The van der Waals surface area contributed by atoms with Gasteiger partial charge in [-0.25, -0.2) is 4.79 Å². The lowest BCUT2D eigenvalue weighted by molar-refractivity contribution is -0.137. The highest BCUT2D eigenvalue weighted by Crippen LogP contribution is 2.10. The van der Waals surface area contributed by atoms with Gasteiger partial charge in [0.15, 0.2) is 0 Å². The van der Waals surface area contributed by atoms with E-state index < -0.39 is 5.97 Å². The molecule has 0 atom stereocenters. The summed E-state index contributed by atoms with van der Waals surface area (Å²) in [6.45, 7) is 6.03. The number of hydrogen-bond donors (Lipinski definition) is 2. The maximum absolute atomic E-state index is 12.2. The van der Waals surface area contributed by atoms with Crippen molar-refractivity contribution in [2.24, 2.45) is 0 Å². The first-order valence-corrected chi connectivity index (χ1v) is 6.87. The molecule has 6 nitrogen and oxygen atoms in total. The van der Waals surface area contributed by atoms with Crippen LogP contribution in [0.1, 0.15) is 33.1 Å². The summed E-state index contributed by atoms with van der Waals surface area (Å²) in [4.78, 5) is 26.6. The van der Waals surface area contributed by atoms with Gasteiger partial charge in [-0.15, -0.1) is 0 Å². The number of amides is 2. The Labute approximate surface area is 114 Å². The number of nitrogens with one attached hydrogen (secondary N) is 1. The van der Waals surface area contributed by atoms with Gasteiger partial charge in [-0.1, -0.05) is 0 Å². The second-order valence-electron chi connectivity index (χ2n) is 5.46. The Bertz CT molecular complexity index is 312. The predicted molar refractivity (Wildman–Crippen MR) is 73.1 cm³/mol. The maximum Gasteiger partial charge on any atom is 0.317 e. The van der Waals surface area contributed by atoms with E-state index in [0.717, 1.165) is 25.9 Å². The smallest absolute Gasteiger partial charge is 0.317 e. The molecule has 0 bridgehead atoms. The van der Waals surface area contributed by atoms with Gasteiger partial charge in [-0.05, 0) is 46.8 Å². The largest absolute Gasteiger partial charge is 0.481 e. The van der Waals surface area contributed by atoms with E-state index in [2.05, 4.69) is 17.3 Å². The van der Waals surface area contributed by atoms with Crippen molar-refractivity contribution >= 4 is 12.0 Å². The molecule has 19 heavy (non-hydrogen) atoms. The van der Waals surface area contributed by atoms with Crippen molar-refractivity contribution in [1.29, 1.82) is 0 Å². The molecule has 0 aromatic carbocycles. The highest BCUT2D eigenvalue weighted by Gasteiger charge is 2.23. The summed E-state index contributed by atoms with van der Waals surface area (Å²) >= 11 is 0. The number of carbonyl (C=O) groups is 2. The van der Waals surface area contributed by atoms with Gasteiger partial charge in [0.1, 0.15) is 0 Å². The Balaban J connectivity index is 2.45. The van der Waals surface area contributed by atoms with Crippen molar-refractivity contribution in [3.8, 4) is 0 Å². The van der Waals surface area contributed by atoms with Crippen molar-refractivity contribution in [1.82, 2.24) is 15.1 Å². The average molecular weight is 271 g/mol. The third-order valence-electron chi connectivity index (χ3n) is 3.50. The number of likely N-dealkylation sites (tertiary alicyclic amines) is 1. The first-order valence-electron chi connectivity index (χ1n) is 6.87. The number of nitrogens with zero attached hydrogens (tertiary/aromatic N) is 2. The molecule has 0 aromatic rings. The van der Waals surface area contributed by atoms with Crippen LogP contribution in [0.5, 0.6) is 0 Å². The van der Waals surface area contributed by atoms with Crippen molar-refractivity contribution < 1.29 is 14.7 Å². The molecule has 1 aliphatic rings. The molecule has 110 valence electrons. The molecule has 1 aliphatic heterocycles. The number of carbonyl (C=O) groups excluding carboxylic acids is 1. The van der Waals surface area contributed by atoms with Gasteiger partial charge in [0.25, 0.3) is 0 Å². The van der Waals surface area contributed by atoms with E-state index in [-0.39, 0.29) is 31.1 Å². The number of urea groups is 1. The Morgan fingerprint density at radius 1 is 1.37 bits per heavy atom. The monoisotopic (exact) mass is 271 g/mol. The van der Waals surface area contributed by atoms with E-state index in [9.17, 15) is 9.59 Å². The lowest BCUT2D eigenvalue weighted by atomic mass is 10.1. The summed E-state index contributed by atoms with van der Waals surface area (Å²) < 4.78 is 0. The Morgan fingerprint density at radius 2 is 1.95 bits per heavy atom. The SMILES string of the molecule is CC(C)N(CCC(=O)O)C(=O)NC1CCN(C)CC1. The maximum atomic E-state index is 12.2. The van der Waals surface area contributed by atoms with E-state index in [1.165, 1.54) is 0 Å². The summed E-state index contributed by atoms with van der Waals surface area (Å²) in [6, 6.07) is 0.0613. The minimum absolute atomic E-state index is 0.00520. The van der Waals surface area contributed by atoms with E-state index in [1.807, 2.05) is 13.8 Å². The van der Waals surface area contributed by atoms with Crippen molar-refractivity contribution in [2.45, 2.75) is 45.2 Å². The minimum Gasteiger partial charge on any atom is -0.481 e. The lowest BCUT2D eigenvalue weighted by Crippen LogP contribution is -2.51. The zero-order valence-corrected chi connectivity index (χ0v) is 12.1. The highest BCUT2D eigenvalue weighted by molar-refractivity contribution is 5.75. The van der Waals surface area contributed by atoms with Gasteiger partial charge in [0.05, 0.1) is 6.42 Å². The topological polar surface area (TPSA) is 72.9 Å². The molecule has 0 unspecified atom stereocenters. The summed E-state index contributed by atoms with van der Waals surface area (Å²) in [5, 5.41) is 11.7. The van der Waals surface area contributed by atoms with Crippen molar-refractivity contribution in [3.05, 3.63) is 0 Å². The van der Waals surface area contributed by atoms with Crippen LogP contribution in [0, 0.1) is 0 Å². The molecular weight excluding hydrogens is 246 g/mol. The summed E-state index contributed by atoms with van der Waals surface area (Å²) in [5.74, 6) is -0.877. The second kappa shape index (κ2) is 7.33. The molecule has 0 saturated carbocycles. The van der Waals surface area contributed by atoms with E-state index >= 15 is 0 Å². The van der Waals surface area contributed by atoms with Gasteiger partial charge in [0.2, 0.25) is 0 Å². The van der Waals surface area contributed by atoms with Gasteiger partial charge >= 0.3 is 12.0 Å². The average Bonchev–Trinajstić information content (AvgIpc) is 2.31. The minimum atomic E-state index is -0.877. The number of hydrogen-bond acceptors (Lipinski definition) is 3. The molecule has 0 radical (unpaired) electrons. The lowest BCUT2D eigenvalue weighted by Gasteiger charge is -2.33. The Morgan fingerprint density at radius 3 is 2.42 bits per heavy atom. The quantitative estimate of drug-likeness (QED) is 0.781. The first kappa shape index (κ1) is 15.8. The fraction of sp³-hybridized carbons (Fsp3) is 0.846. The van der Waals surface area contributed by atoms with Crippen molar-refractivity contribution in [2.75, 3.05) is 26.7 Å². The van der Waals surface area contributed by atoms with Crippen LogP contribution in [0.25, 0.3) is 0 Å². The summed E-state index contributed by atoms with van der Waals surface area (Å²) in [7, 11) is 2.07. The number of rotatable bonds is 5. The molecule has 1 heterocycles. The number of carboxylic acids is 1. The van der Waals surface area contributed by atoms with Crippen LogP contribution in [-0.4, -0.2) is 65.7 Å². The van der Waals surface area contributed by atoms with Gasteiger partial charge < -0.3 is 20.2 Å². The van der Waals surface area contributed by atoms with E-state index in [4.69, 9.17) is 5.11 Å². The van der Waals surface area contributed by atoms with E-state index in [1.54, 1.807) is 4.90 Å². The molecule has 1 saturated heterocycles. The van der Waals surface area contributed by atoms with Crippen molar-refractivity contribution in [3.63, 3.8) is 0 Å². The summed E-state index contributed by atoms with van der Waals surface area (Å²) in [6.07, 6.45) is 1.89. The molecule has 6 heteroatoms. The van der Waals surface area contributed by atoms with Crippen LogP contribution in [0.3, 0.4) is 0 Å². The number of aliphatic carboxylic acids is 1. The molecule has 0 spiro atoms. The predicted octanol–water partition coefficient (Wildman–Crippen LogP) is 0.975. The Hall–Kier alpha value is -1.30. The fourth-order valence-corrected chi connectivity index (χ4v) is 2.22. The van der Waals surface area contributed by atoms with Crippen LogP contribution >= 0.6 is 0 Å². The molecule has 1 fully saturated rings. The Kier molecular flexibility index (Phi) is 6.08. The highest BCUT2D eigenvalue weighted by atomic mass is 16.4. The molecule has 0 aliphatic carbocycles. The van der Waals surface area contributed by atoms with Crippen LogP contribution in [0.2, 0.25) is 0 Å². The van der Waals surface area contributed by atoms with Gasteiger partial charge in [0, 0.05) is 18.6 Å². The van der Waals surface area contributed by atoms with Crippen LogP contribution in [0.15, 0.2) is 0 Å². The van der Waals surface area contributed by atoms with Gasteiger partial charge in [-0.2, -0.15) is 0 Å². The number of carboxylic acid groups (broad SMARTS) is 1. The normalized spacial score (nSPS) is 17.5. The molecule has 0 aromatic heterocycles. The van der Waals surface area contributed by atoms with Gasteiger partial charge in [-0.3, -0.25) is 4.79 Å². The summed E-state index contributed by atoms with van der Waals surface area (Å²) in [5.41, 5.74) is 0. The number of piperidine rings is 1. The fourth-order valence-electron chi connectivity index (χ4n) is 2.22. The van der Waals surface area contributed by atoms with Crippen LogP contribution < -0.4 is 5.32 Å². The molecule has 1 rings (SSSR count). The molecule has 2 amide bonds. The standard InChI is InChI=1S/C13H25N3O3/c1-10(2)16(9-6-12(17)18)13(19)14-11-4-7-15(3)8-5-11/h10-11H,4-9H2,1-3H3,(H,14,19)(H,17,18). The molecular formula is C13H25N3O3. The van der Waals surface area contributed by atoms with E-state index in [0.29, 0.717) is 0 Å². The first-order chi connectivity index (χ1) is 8.90. The second-order valence-corrected chi connectivity index (χ2v) is 5.46. The van der Waals surface area contributed by atoms with Crippen LogP contribution in [0.4, 0.5) is 4.79 Å².